The second kappa shape index (κ2) is 6.68. The van der Waals surface area contributed by atoms with Gasteiger partial charge < -0.3 is 15.2 Å². The quantitative estimate of drug-likeness (QED) is 0.876. The van der Waals surface area contributed by atoms with Gasteiger partial charge in [0.1, 0.15) is 6.10 Å². The Hall–Kier alpha value is -2.40. The number of hydrogen-bond donors (Lipinski definition) is 2. The van der Waals surface area contributed by atoms with Crippen molar-refractivity contribution < 1.29 is 14.6 Å². The van der Waals surface area contributed by atoms with Crippen molar-refractivity contribution in [3.63, 3.8) is 0 Å². The average Bonchev–Trinajstić information content (AvgIpc) is 2.48. The van der Waals surface area contributed by atoms with Crippen LogP contribution in [0.2, 0.25) is 0 Å². The molecule has 0 unspecified atom stereocenters. The molecule has 0 spiro atoms. The van der Waals surface area contributed by atoms with Crippen LogP contribution in [0.3, 0.4) is 0 Å². The standard InChI is InChI=1S/C15H16N2O3/c1-11(20-10-12-6-3-2-4-7-12)15(19)17-14-13(18)8-5-9-16-14/h2-9,11,18H,10H2,1H3,(H,16,17,19)/t11-/m1/s1. The molecule has 2 aromatic rings. The van der Waals surface area contributed by atoms with Crippen molar-refractivity contribution in [2.24, 2.45) is 0 Å². The number of amides is 1. The molecule has 1 aromatic carbocycles. The second-order valence-electron chi connectivity index (χ2n) is 4.30. The van der Waals surface area contributed by atoms with Crippen LogP contribution in [-0.2, 0) is 16.1 Å². The van der Waals surface area contributed by atoms with Gasteiger partial charge in [-0.3, -0.25) is 4.79 Å². The van der Waals surface area contributed by atoms with Crippen molar-refractivity contribution in [1.82, 2.24) is 4.98 Å². The first-order valence-corrected chi connectivity index (χ1v) is 6.27. The van der Waals surface area contributed by atoms with Gasteiger partial charge in [0.2, 0.25) is 0 Å². The Balaban J connectivity index is 1.88. The third-order valence-electron chi connectivity index (χ3n) is 2.74. The molecule has 0 radical (unpaired) electrons. The Kier molecular flexibility index (Phi) is 4.68. The van der Waals surface area contributed by atoms with Gasteiger partial charge in [-0.1, -0.05) is 30.3 Å². The maximum Gasteiger partial charge on any atom is 0.254 e. The van der Waals surface area contributed by atoms with E-state index in [4.69, 9.17) is 4.74 Å². The molecule has 1 heterocycles. The number of carbonyl (C=O) groups excluding carboxylic acids is 1. The van der Waals surface area contributed by atoms with Gasteiger partial charge in [-0.05, 0) is 24.6 Å². The van der Waals surface area contributed by atoms with Gasteiger partial charge in [0, 0.05) is 6.20 Å². The van der Waals surface area contributed by atoms with Gasteiger partial charge in [0.05, 0.1) is 6.61 Å². The molecule has 5 heteroatoms. The molecule has 0 aliphatic heterocycles. The van der Waals surface area contributed by atoms with Crippen molar-refractivity contribution in [1.29, 1.82) is 0 Å². The number of carbonyl (C=O) groups is 1. The van der Waals surface area contributed by atoms with Gasteiger partial charge in [0.25, 0.3) is 5.91 Å². The van der Waals surface area contributed by atoms with E-state index in [1.807, 2.05) is 30.3 Å². The summed E-state index contributed by atoms with van der Waals surface area (Å²) in [6, 6.07) is 12.6. The molecule has 0 aliphatic carbocycles. The fourth-order valence-corrected chi connectivity index (χ4v) is 1.58. The highest BCUT2D eigenvalue weighted by molar-refractivity contribution is 5.94. The van der Waals surface area contributed by atoms with Crippen molar-refractivity contribution >= 4 is 11.7 Å². The van der Waals surface area contributed by atoms with Crippen LogP contribution in [-0.4, -0.2) is 22.1 Å². The number of aromatic hydroxyl groups is 1. The summed E-state index contributed by atoms with van der Waals surface area (Å²) in [7, 11) is 0. The largest absolute Gasteiger partial charge is 0.504 e. The zero-order valence-corrected chi connectivity index (χ0v) is 11.1. The lowest BCUT2D eigenvalue weighted by Gasteiger charge is -2.13. The first kappa shape index (κ1) is 14.0. The first-order valence-electron chi connectivity index (χ1n) is 6.27. The van der Waals surface area contributed by atoms with Crippen LogP contribution in [0.4, 0.5) is 5.82 Å². The number of aromatic nitrogens is 1. The number of rotatable bonds is 5. The number of benzene rings is 1. The molecule has 1 aromatic heterocycles. The zero-order chi connectivity index (χ0) is 14.4. The summed E-state index contributed by atoms with van der Waals surface area (Å²) in [6.45, 7) is 2.00. The molecular weight excluding hydrogens is 256 g/mol. The normalized spacial score (nSPS) is 11.8. The van der Waals surface area contributed by atoms with Crippen LogP contribution in [0.1, 0.15) is 12.5 Å². The van der Waals surface area contributed by atoms with E-state index in [1.54, 1.807) is 13.0 Å². The van der Waals surface area contributed by atoms with Crippen LogP contribution >= 0.6 is 0 Å². The number of nitrogens with one attached hydrogen (secondary N) is 1. The van der Waals surface area contributed by atoms with Crippen molar-refractivity contribution in [2.75, 3.05) is 5.32 Å². The summed E-state index contributed by atoms with van der Waals surface area (Å²) in [5.74, 6) is -0.293. The molecule has 20 heavy (non-hydrogen) atoms. The third-order valence-corrected chi connectivity index (χ3v) is 2.74. The maximum atomic E-state index is 11.9. The van der Waals surface area contributed by atoms with E-state index in [1.165, 1.54) is 12.3 Å². The van der Waals surface area contributed by atoms with Crippen LogP contribution < -0.4 is 5.32 Å². The van der Waals surface area contributed by atoms with Gasteiger partial charge in [0.15, 0.2) is 11.6 Å². The monoisotopic (exact) mass is 272 g/mol. The Labute approximate surface area is 117 Å². The molecule has 1 atom stereocenters. The maximum absolute atomic E-state index is 11.9. The van der Waals surface area contributed by atoms with Gasteiger partial charge >= 0.3 is 0 Å². The smallest absolute Gasteiger partial charge is 0.254 e. The highest BCUT2D eigenvalue weighted by atomic mass is 16.5. The van der Waals surface area contributed by atoms with E-state index in [0.717, 1.165) is 5.56 Å². The van der Waals surface area contributed by atoms with E-state index < -0.39 is 6.10 Å². The average molecular weight is 272 g/mol. The molecule has 1 amide bonds. The van der Waals surface area contributed by atoms with Crippen LogP contribution in [0.25, 0.3) is 0 Å². The SMILES string of the molecule is C[C@@H](OCc1ccccc1)C(=O)Nc1ncccc1O. The molecule has 0 aliphatic rings. The molecule has 0 saturated heterocycles. The second-order valence-corrected chi connectivity index (χ2v) is 4.30. The van der Waals surface area contributed by atoms with Crippen molar-refractivity contribution in [2.45, 2.75) is 19.6 Å². The first-order chi connectivity index (χ1) is 9.66. The lowest BCUT2D eigenvalue weighted by molar-refractivity contribution is -0.127. The van der Waals surface area contributed by atoms with Crippen LogP contribution in [0.5, 0.6) is 5.75 Å². The van der Waals surface area contributed by atoms with E-state index in [0.29, 0.717) is 6.61 Å². The predicted molar refractivity (Wildman–Crippen MR) is 75.2 cm³/mol. The number of hydrogen-bond acceptors (Lipinski definition) is 4. The summed E-state index contributed by atoms with van der Waals surface area (Å²) < 4.78 is 5.48. The summed E-state index contributed by atoms with van der Waals surface area (Å²) in [5.41, 5.74) is 0.993. The summed E-state index contributed by atoms with van der Waals surface area (Å²) in [5, 5.41) is 12.1. The minimum absolute atomic E-state index is 0.0730. The zero-order valence-electron chi connectivity index (χ0n) is 11.1. The highest BCUT2D eigenvalue weighted by Gasteiger charge is 2.15. The molecule has 104 valence electrons. The molecular formula is C15H16N2O3. The molecule has 2 N–H and O–H groups in total. The molecule has 2 rings (SSSR count). The number of nitrogens with zero attached hydrogens (tertiary/aromatic N) is 1. The Morgan fingerprint density at radius 3 is 2.75 bits per heavy atom. The topological polar surface area (TPSA) is 71.5 Å². The van der Waals surface area contributed by atoms with Gasteiger partial charge in [-0.15, -0.1) is 0 Å². The minimum Gasteiger partial charge on any atom is -0.504 e. The summed E-state index contributed by atoms with van der Waals surface area (Å²) in [4.78, 5) is 15.8. The van der Waals surface area contributed by atoms with E-state index in [9.17, 15) is 9.90 Å². The van der Waals surface area contributed by atoms with E-state index in [2.05, 4.69) is 10.3 Å². The number of ether oxygens (including phenoxy) is 1. The fourth-order valence-electron chi connectivity index (χ4n) is 1.58. The van der Waals surface area contributed by atoms with Crippen molar-refractivity contribution in [3.8, 4) is 5.75 Å². The molecule has 5 nitrogen and oxygen atoms in total. The van der Waals surface area contributed by atoms with Gasteiger partial charge in [-0.25, -0.2) is 4.98 Å². The molecule has 0 fully saturated rings. The van der Waals surface area contributed by atoms with E-state index >= 15 is 0 Å². The lowest BCUT2D eigenvalue weighted by Crippen LogP contribution is -2.28. The fraction of sp³-hybridized carbons (Fsp3) is 0.200. The summed E-state index contributed by atoms with van der Waals surface area (Å²) >= 11 is 0. The number of anilines is 1. The minimum atomic E-state index is -0.642. The molecule has 0 saturated carbocycles. The molecule has 0 bridgehead atoms. The van der Waals surface area contributed by atoms with Crippen LogP contribution in [0.15, 0.2) is 48.7 Å². The Morgan fingerprint density at radius 1 is 1.30 bits per heavy atom. The van der Waals surface area contributed by atoms with Crippen LogP contribution in [0, 0.1) is 0 Å². The predicted octanol–water partition coefficient (Wildman–Crippen LogP) is 2.33. The Bertz CT molecular complexity index is 572. The third kappa shape index (κ3) is 3.80. The van der Waals surface area contributed by atoms with E-state index in [-0.39, 0.29) is 17.5 Å². The van der Waals surface area contributed by atoms with Gasteiger partial charge in [-0.2, -0.15) is 0 Å². The Morgan fingerprint density at radius 2 is 2.05 bits per heavy atom. The lowest BCUT2D eigenvalue weighted by atomic mass is 10.2. The number of pyridine rings is 1. The van der Waals surface area contributed by atoms with Crippen molar-refractivity contribution in [3.05, 3.63) is 54.2 Å². The summed E-state index contributed by atoms with van der Waals surface area (Å²) in [6.07, 6.45) is 0.849. The highest BCUT2D eigenvalue weighted by Crippen LogP contribution is 2.18.